The van der Waals surface area contributed by atoms with Crippen LogP contribution in [0, 0.1) is 11.6 Å². The number of anilines is 1. The SMILES string of the molecule is CC(OC(=O)Nc1c(F)cnn1-c1ccc(-c2ccc(C3CC3)cc2F)nc1)c1ccccc1Cl. The summed E-state index contributed by atoms with van der Waals surface area (Å²) in [4.78, 5) is 16.8. The molecule has 1 amide bonds. The topological polar surface area (TPSA) is 69.0 Å². The molecule has 1 aliphatic carbocycles. The Hall–Kier alpha value is -3.78. The Morgan fingerprint density at radius 3 is 2.60 bits per heavy atom. The predicted octanol–water partition coefficient (Wildman–Crippen LogP) is 7.05. The molecular formula is C26H21ClF2N4O2. The van der Waals surface area contributed by atoms with E-state index in [0.29, 0.717) is 33.4 Å². The molecular weight excluding hydrogens is 474 g/mol. The highest BCUT2D eigenvalue weighted by Gasteiger charge is 2.24. The summed E-state index contributed by atoms with van der Waals surface area (Å²) in [5.74, 6) is -0.847. The average Bonchev–Trinajstić information content (AvgIpc) is 3.64. The van der Waals surface area contributed by atoms with Crippen molar-refractivity contribution in [3.63, 3.8) is 0 Å². The number of rotatable bonds is 6. The quantitative estimate of drug-likeness (QED) is 0.312. The van der Waals surface area contributed by atoms with Crippen LogP contribution >= 0.6 is 11.6 Å². The van der Waals surface area contributed by atoms with E-state index in [1.807, 2.05) is 6.07 Å². The number of benzene rings is 2. The number of hydrogen-bond donors (Lipinski definition) is 1. The fourth-order valence-electron chi connectivity index (χ4n) is 3.87. The molecule has 0 aliphatic heterocycles. The maximum Gasteiger partial charge on any atom is 0.413 e. The fraction of sp³-hybridized carbons (Fsp3) is 0.192. The summed E-state index contributed by atoms with van der Waals surface area (Å²) in [6.45, 7) is 1.66. The Kier molecular flexibility index (Phi) is 6.21. The lowest BCUT2D eigenvalue weighted by Gasteiger charge is -2.16. The van der Waals surface area contributed by atoms with Crippen LogP contribution in [0.1, 0.15) is 42.9 Å². The predicted molar refractivity (Wildman–Crippen MR) is 129 cm³/mol. The first-order chi connectivity index (χ1) is 16.9. The molecule has 5 rings (SSSR count). The highest BCUT2D eigenvalue weighted by molar-refractivity contribution is 6.31. The van der Waals surface area contributed by atoms with Gasteiger partial charge in [-0.05, 0) is 61.6 Å². The van der Waals surface area contributed by atoms with Gasteiger partial charge in [0.2, 0.25) is 0 Å². The number of nitrogens with one attached hydrogen (secondary N) is 1. The van der Waals surface area contributed by atoms with Gasteiger partial charge < -0.3 is 4.74 Å². The van der Waals surface area contributed by atoms with Gasteiger partial charge in [-0.15, -0.1) is 0 Å². The van der Waals surface area contributed by atoms with Gasteiger partial charge in [0.15, 0.2) is 11.6 Å². The van der Waals surface area contributed by atoms with Crippen molar-refractivity contribution in [1.29, 1.82) is 0 Å². The van der Waals surface area contributed by atoms with Gasteiger partial charge in [-0.3, -0.25) is 10.3 Å². The Bertz CT molecular complexity index is 1390. The zero-order valence-corrected chi connectivity index (χ0v) is 19.5. The third kappa shape index (κ3) is 4.88. The Morgan fingerprint density at radius 1 is 1.11 bits per heavy atom. The van der Waals surface area contributed by atoms with Crippen LogP contribution in [0.4, 0.5) is 19.4 Å². The standard InChI is InChI=1S/C26H21ClF2N4O2/c1-15(19-4-2-3-5-21(19)27)35-26(34)32-25-23(29)14-31-33(25)18-9-11-24(30-13-18)20-10-8-17(12-22(20)28)16-6-7-16/h2-5,8-16H,6-7H2,1H3,(H,32,34). The van der Waals surface area contributed by atoms with Crippen LogP contribution in [0.3, 0.4) is 0 Å². The molecule has 0 radical (unpaired) electrons. The molecule has 0 bridgehead atoms. The van der Waals surface area contributed by atoms with Gasteiger partial charge in [0, 0.05) is 16.1 Å². The first kappa shape index (κ1) is 23.0. The summed E-state index contributed by atoms with van der Waals surface area (Å²) in [6, 6.07) is 15.4. The van der Waals surface area contributed by atoms with E-state index in [4.69, 9.17) is 16.3 Å². The van der Waals surface area contributed by atoms with E-state index < -0.39 is 18.0 Å². The van der Waals surface area contributed by atoms with Gasteiger partial charge >= 0.3 is 6.09 Å². The molecule has 0 spiro atoms. The molecule has 178 valence electrons. The number of halogens is 3. The van der Waals surface area contributed by atoms with Gasteiger partial charge in [-0.1, -0.05) is 35.9 Å². The van der Waals surface area contributed by atoms with Crippen LogP contribution in [-0.2, 0) is 4.74 Å². The van der Waals surface area contributed by atoms with Crippen molar-refractivity contribution in [2.24, 2.45) is 0 Å². The number of carbonyl (C=O) groups excluding carboxylic acids is 1. The molecule has 1 saturated carbocycles. The molecule has 2 heterocycles. The maximum atomic E-state index is 14.6. The number of carbonyl (C=O) groups is 1. The largest absolute Gasteiger partial charge is 0.441 e. The minimum atomic E-state index is -0.875. The fourth-order valence-corrected chi connectivity index (χ4v) is 4.16. The van der Waals surface area contributed by atoms with E-state index in [-0.39, 0.29) is 11.6 Å². The number of amides is 1. The number of ether oxygens (including phenoxy) is 1. The smallest absolute Gasteiger partial charge is 0.413 e. The van der Waals surface area contributed by atoms with Gasteiger partial charge in [-0.25, -0.2) is 18.3 Å². The molecule has 2 aromatic heterocycles. The van der Waals surface area contributed by atoms with E-state index in [0.717, 1.165) is 24.6 Å². The second kappa shape index (κ2) is 9.46. The zero-order valence-electron chi connectivity index (χ0n) is 18.7. The summed E-state index contributed by atoms with van der Waals surface area (Å²) >= 11 is 6.15. The highest BCUT2D eigenvalue weighted by Crippen LogP contribution is 2.41. The molecule has 1 aliphatic rings. The van der Waals surface area contributed by atoms with Crippen LogP contribution in [0.15, 0.2) is 67.0 Å². The maximum absolute atomic E-state index is 14.6. The number of pyridine rings is 1. The van der Waals surface area contributed by atoms with E-state index >= 15 is 0 Å². The summed E-state index contributed by atoms with van der Waals surface area (Å²) in [7, 11) is 0. The number of hydrogen-bond acceptors (Lipinski definition) is 4. The molecule has 1 fully saturated rings. The Balaban J connectivity index is 1.33. The van der Waals surface area contributed by atoms with Crippen molar-refractivity contribution >= 4 is 23.5 Å². The Labute approximate surface area is 205 Å². The van der Waals surface area contributed by atoms with E-state index in [9.17, 15) is 13.6 Å². The molecule has 2 aromatic carbocycles. The van der Waals surface area contributed by atoms with E-state index in [2.05, 4.69) is 15.4 Å². The summed E-state index contributed by atoms with van der Waals surface area (Å²) in [6.07, 6.45) is 3.05. The summed E-state index contributed by atoms with van der Waals surface area (Å²) in [5, 5.41) is 6.83. The second-order valence-electron chi connectivity index (χ2n) is 8.36. The van der Waals surface area contributed by atoms with Crippen LogP contribution in [-0.4, -0.2) is 20.9 Å². The van der Waals surface area contributed by atoms with E-state index in [1.165, 1.54) is 10.9 Å². The molecule has 0 saturated heterocycles. The van der Waals surface area contributed by atoms with Gasteiger partial charge in [0.1, 0.15) is 11.9 Å². The zero-order chi connectivity index (χ0) is 24.5. The first-order valence-electron chi connectivity index (χ1n) is 11.1. The molecule has 35 heavy (non-hydrogen) atoms. The van der Waals surface area contributed by atoms with Crippen LogP contribution < -0.4 is 5.32 Å². The highest BCUT2D eigenvalue weighted by atomic mass is 35.5. The van der Waals surface area contributed by atoms with Crippen molar-refractivity contribution in [2.45, 2.75) is 31.8 Å². The average molecular weight is 495 g/mol. The normalized spacial score (nSPS) is 13.9. The van der Waals surface area contributed by atoms with Crippen molar-refractivity contribution in [3.05, 3.63) is 94.8 Å². The monoisotopic (exact) mass is 494 g/mol. The lowest BCUT2D eigenvalue weighted by Crippen LogP contribution is -2.19. The molecule has 9 heteroatoms. The van der Waals surface area contributed by atoms with Crippen LogP contribution in [0.5, 0.6) is 0 Å². The third-order valence-corrected chi connectivity index (χ3v) is 6.23. The van der Waals surface area contributed by atoms with Gasteiger partial charge in [0.05, 0.1) is 23.8 Å². The van der Waals surface area contributed by atoms with Crippen molar-refractivity contribution < 1.29 is 18.3 Å². The second-order valence-corrected chi connectivity index (χ2v) is 8.77. The minimum Gasteiger partial charge on any atom is -0.441 e. The molecule has 1 atom stereocenters. The summed E-state index contributed by atoms with van der Waals surface area (Å²) < 4.78 is 35.6. The van der Waals surface area contributed by atoms with Crippen LogP contribution in [0.2, 0.25) is 5.02 Å². The number of nitrogens with zero attached hydrogens (tertiary/aromatic N) is 3. The molecule has 1 unspecified atom stereocenters. The van der Waals surface area contributed by atoms with Crippen molar-refractivity contribution in [2.75, 3.05) is 5.32 Å². The number of aromatic nitrogens is 3. The lowest BCUT2D eigenvalue weighted by molar-refractivity contribution is 0.121. The van der Waals surface area contributed by atoms with Crippen LogP contribution in [0.25, 0.3) is 16.9 Å². The molecule has 6 nitrogen and oxygen atoms in total. The van der Waals surface area contributed by atoms with Gasteiger partial charge in [0.25, 0.3) is 0 Å². The van der Waals surface area contributed by atoms with Crippen molar-refractivity contribution in [3.8, 4) is 16.9 Å². The third-order valence-electron chi connectivity index (χ3n) is 5.88. The summed E-state index contributed by atoms with van der Waals surface area (Å²) in [5.41, 5.74) is 2.81. The van der Waals surface area contributed by atoms with Crippen molar-refractivity contribution in [1.82, 2.24) is 14.8 Å². The lowest BCUT2D eigenvalue weighted by atomic mass is 10.0. The van der Waals surface area contributed by atoms with E-state index in [1.54, 1.807) is 55.5 Å². The Morgan fingerprint density at radius 2 is 1.91 bits per heavy atom. The van der Waals surface area contributed by atoms with Gasteiger partial charge in [-0.2, -0.15) is 5.10 Å². The first-order valence-corrected chi connectivity index (χ1v) is 11.5. The molecule has 1 N–H and O–H groups in total. The minimum absolute atomic E-state index is 0.212. The molecule has 4 aromatic rings.